The molecule has 0 bridgehead atoms. The van der Waals surface area contributed by atoms with Crippen LogP contribution in [0.5, 0.6) is 5.75 Å². The second kappa shape index (κ2) is 36.8. The first kappa shape index (κ1) is 80.0. The highest BCUT2D eigenvalue weighted by Crippen LogP contribution is 2.34. The molecule has 2 aromatic carbocycles. The SMILES string of the molecule is CC[C@H](C)[C@@H]([C@@H](CC(=O)N1CCC[C@H]1[C@H](OC)[C@@H](C)C(=O)N[C@H](C)[C@@H](O)c1ccccc1)OC)N(C)C(=O)[C@@H](NC(=O)[C@H](C(C)C)N(C)C(=O)OCc1ccc(O[C@@H]2O[C@H](C(=O)O)[C@@H](O)[C@H](O)[C@H]2O)c(NC(=O)CCNC(=O)[C@](C)(CNCCOC)N2C(=O)C=CC2=O)c1)C(C)C. The second-order valence-electron chi connectivity index (χ2n) is 25.9. The van der Waals surface area contributed by atoms with Crippen molar-refractivity contribution in [1.29, 1.82) is 0 Å². The summed E-state index contributed by atoms with van der Waals surface area (Å²) in [5.41, 5.74) is -1.10. The number of carbonyl (C=O) groups is 10. The summed E-state index contributed by atoms with van der Waals surface area (Å²) in [5.74, 6) is -8.80. The van der Waals surface area contributed by atoms with Crippen molar-refractivity contribution in [3.8, 4) is 5.75 Å². The van der Waals surface area contributed by atoms with Gasteiger partial charge in [-0.1, -0.05) is 91.3 Å². The Hall–Kier alpha value is -7.68. The molecule has 16 atom stereocenters. The molecule has 540 valence electrons. The lowest BCUT2D eigenvalue weighted by atomic mass is 9.89. The van der Waals surface area contributed by atoms with Gasteiger partial charge < -0.3 is 90.3 Å². The van der Waals surface area contributed by atoms with E-state index in [1.165, 1.54) is 58.4 Å². The number of aliphatic hydroxyl groups excluding tert-OH is 4. The van der Waals surface area contributed by atoms with Crippen LogP contribution in [0.3, 0.4) is 0 Å². The molecule has 0 unspecified atom stereocenters. The highest BCUT2D eigenvalue weighted by atomic mass is 16.7. The molecule has 2 saturated heterocycles. The van der Waals surface area contributed by atoms with Crippen LogP contribution in [-0.2, 0) is 73.4 Å². The molecular weight excluding hydrogens is 1270 g/mol. The lowest BCUT2D eigenvalue weighted by Gasteiger charge is -2.41. The predicted octanol–water partition coefficient (Wildman–Crippen LogP) is 1.21. The third-order valence-electron chi connectivity index (χ3n) is 18.2. The summed E-state index contributed by atoms with van der Waals surface area (Å²) in [4.78, 5) is 142. The first-order valence-electron chi connectivity index (χ1n) is 32.7. The molecule has 9 amide bonds. The first-order valence-corrected chi connectivity index (χ1v) is 32.7. The largest absolute Gasteiger partial charge is 0.479 e. The Morgan fingerprint density at radius 2 is 1.47 bits per heavy atom. The monoisotopic (exact) mass is 1370 g/mol. The number of hydrogen-bond donors (Lipinski definition) is 10. The van der Waals surface area contributed by atoms with Crippen molar-refractivity contribution in [3.05, 3.63) is 71.8 Å². The van der Waals surface area contributed by atoms with E-state index in [1.54, 1.807) is 77.8 Å². The molecule has 30 heteroatoms. The maximum atomic E-state index is 14.9. The van der Waals surface area contributed by atoms with Gasteiger partial charge in [-0.15, -0.1) is 0 Å². The fourth-order valence-electron chi connectivity index (χ4n) is 12.4. The fourth-order valence-corrected chi connectivity index (χ4v) is 12.4. The summed E-state index contributed by atoms with van der Waals surface area (Å²) in [6, 6.07) is 8.72. The van der Waals surface area contributed by atoms with Crippen LogP contribution in [0.4, 0.5) is 10.5 Å². The number of imide groups is 1. The van der Waals surface area contributed by atoms with E-state index < -0.39 is 163 Å². The molecule has 3 aliphatic rings. The van der Waals surface area contributed by atoms with Crippen molar-refractivity contribution in [2.45, 2.75) is 186 Å². The topological polar surface area (TPSA) is 400 Å². The number of amides is 9. The molecule has 0 aromatic heterocycles. The zero-order valence-corrected chi connectivity index (χ0v) is 57.9. The highest BCUT2D eigenvalue weighted by molar-refractivity contribution is 6.16. The summed E-state index contributed by atoms with van der Waals surface area (Å²) in [6.07, 6.45) is -10.3. The van der Waals surface area contributed by atoms with Crippen molar-refractivity contribution < 1.29 is 102 Å². The maximum Gasteiger partial charge on any atom is 0.410 e. The summed E-state index contributed by atoms with van der Waals surface area (Å²) in [5, 5.41) is 66.3. The third kappa shape index (κ3) is 20.2. The van der Waals surface area contributed by atoms with Gasteiger partial charge in [0.05, 0.1) is 61.1 Å². The lowest BCUT2D eigenvalue weighted by molar-refractivity contribution is -0.271. The van der Waals surface area contributed by atoms with Crippen molar-refractivity contribution in [1.82, 2.24) is 40.9 Å². The van der Waals surface area contributed by atoms with Crippen LogP contribution in [0.15, 0.2) is 60.7 Å². The number of ether oxygens (including phenoxy) is 6. The highest BCUT2D eigenvalue weighted by Gasteiger charge is 2.50. The van der Waals surface area contributed by atoms with Crippen molar-refractivity contribution >= 4 is 65.0 Å². The third-order valence-corrected chi connectivity index (χ3v) is 18.2. The molecule has 10 N–H and O–H groups in total. The molecule has 0 spiro atoms. The number of aliphatic carboxylic acids is 1. The van der Waals surface area contributed by atoms with Crippen LogP contribution < -0.4 is 31.3 Å². The Bertz CT molecular complexity index is 3050. The van der Waals surface area contributed by atoms with Crippen LogP contribution in [0.1, 0.15) is 112 Å². The number of carboxylic acid groups (broad SMARTS) is 1. The minimum atomic E-state index is -2.06. The molecule has 5 rings (SSSR count). The first-order chi connectivity index (χ1) is 45.8. The second-order valence-corrected chi connectivity index (χ2v) is 25.9. The van der Waals surface area contributed by atoms with Gasteiger partial charge in [0.25, 0.3) is 11.8 Å². The number of hydrogen-bond acceptors (Lipinski definition) is 21. The predicted molar refractivity (Wildman–Crippen MR) is 350 cm³/mol. The quantitative estimate of drug-likeness (QED) is 0.0339. The normalized spacial score (nSPS) is 22.1. The van der Waals surface area contributed by atoms with Crippen LogP contribution in [0, 0.1) is 23.7 Å². The van der Waals surface area contributed by atoms with Gasteiger partial charge in [0.1, 0.15) is 48.3 Å². The zero-order chi connectivity index (χ0) is 72.3. The summed E-state index contributed by atoms with van der Waals surface area (Å²) in [7, 11) is 7.35. The Labute approximate surface area is 566 Å². The van der Waals surface area contributed by atoms with Gasteiger partial charge in [0, 0.05) is 80.2 Å². The average molecular weight is 1370 g/mol. The number of likely N-dealkylation sites (tertiary alicyclic amines) is 1. The van der Waals surface area contributed by atoms with E-state index in [1.807, 2.05) is 19.9 Å². The van der Waals surface area contributed by atoms with Gasteiger partial charge in [-0.3, -0.25) is 48.2 Å². The summed E-state index contributed by atoms with van der Waals surface area (Å²) in [6.45, 7) is 15.5. The number of nitrogens with one attached hydrogen (secondary N) is 5. The summed E-state index contributed by atoms with van der Waals surface area (Å²) < 4.78 is 34.0. The lowest BCUT2D eigenvalue weighted by Crippen LogP contribution is -2.63. The molecule has 0 aliphatic carbocycles. The molecular formula is C67H101N9O21. The van der Waals surface area contributed by atoms with Crippen molar-refractivity contribution in [2.75, 3.05) is 73.5 Å². The van der Waals surface area contributed by atoms with E-state index in [-0.39, 0.29) is 67.4 Å². The van der Waals surface area contributed by atoms with E-state index in [2.05, 4.69) is 26.6 Å². The van der Waals surface area contributed by atoms with Gasteiger partial charge in [0.15, 0.2) is 6.10 Å². The Morgan fingerprint density at radius 3 is 2.06 bits per heavy atom. The molecule has 2 aromatic rings. The van der Waals surface area contributed by atoms with Crippen LogP contribution in [0.25, 0.3) is 0 Å². The molecule has 3 heterocycles. The van der Waals surface area contributed by atoms with E-state index in [0.29, 0.717) is 31.4 Å². The zero-order valence-electron chi connectivity index (χ0n) is 57.9. The van der Waals surface area contributed by atoms with Crippen LogP contribution in [0.2, 0.25) is 0 Å². The number of nitrogens with zero attached hydrogens (tertiary/aromatic N) is 4. The molecule has 3 aliphatic heterocycles. The number of rotatable bonds is 36. The minimum Gasteiger partial charge on any atom is -0.479 e. The molecule has 30 nitrogen and oxygen atoms in total. The van der Waals surface area contributed by atoms with Crippen molar-refractivity contribution in [3.63, 3.8) is 0 Å². The smallest absolute Gasteiger partial charge is 0.410 e. The van der Waals surface area contributed by atoms with E-state index in [0.717, 1.165) is 22.0 Å². The van der Waals surface area contributed by atoms with Gasteiger partial charge in [-0.2, -0.15) is 0 Å². The maximum absolute atomic E-state index is 14.9. The standard InChI is InChI=1S/C67H101N9O21/c1-15-38(6)53(46(93-13)33-50(80)75-30-19-22-44(75)58(94-14)39(7)60(85)70-40(8)54(81)42-20-17-16-18-21-42)73(10)62(87)51(36(2)3)72-61(86)52(37(4)5)74(11)66(91)95-34-41-23-24-45(96-64-57(84)55(82)56(83)59(97-64)63(88)89)43(32-41)71-47(77)27-28-69-65(90)67(9,35-68-29-31-92-12)76-48(78)25-26-49(76)79/h16-18,20-21,23-26,32,36-40,44,46,51-59,64,68,81-84H,15,19,22,27-31,33-35H2,1-14H3,(H,69,90)(H,70,85)(H,71,77)(H,72,86)(H,88,89)/t38-,39+,40+,44-,46+,51-,52-,53-,54+,55-,56-,57+,58+,59-,64+,67-/m0/s1. The Morgan fingerprint density at radius 1 is 0.814 bits per heavy atom. The number of carboxylic acids is 1. The van der Waals surface area contributed by atoms with Gasteiger partial charge in [-0.05, 0) is 67.7 Å². The van der Waals surface area contributed by atoms with E-state index >= 15 is 0 Å². The van der Waals surface area contributed by atoms with E-state index in [9.17, 15) is 73.5 Å². The summed E-state index contributed by atoms with van der Waals surface area (Å²) >= 11 is 0. The number of anilines is 1. The Kier molecular flexibility index (Phi) is 30.3. The number of benzene rings is 2. The number of likely N-dealkylation sites (N-methyl/N-ethyl adjacent to an activating group) is 2. The molecule has 97 heavy (non-hydrogen) atoms. The number of carbonyl (C=O) groups excluding carboxylic acids is 9. The van der Waals surface area contributed by atoms with Gasteiger partial charge in [-0.25, -0.2) is 9.59 Å². The molecule has 0 saturated carbocycles. The minimum absolute atomic E-state index is 0.137. The number of methoxy groups -OCH3 is 3. The molecule has 2 fully saturated rings. The van der Waals surface area contributed by atoms with Crippen LogP contribution in [-0.4, -0.2) is 251 Å². The average Bonchev–Trinajstić information content (AvgIpc) is 1.79. The van der Waals surface area contributed by atoms with Crippen molar-refractivity contribution in [2.24, 2.45) is 23.7 Å². The number of aliphatic hydroxyl groups is 4. The molecule has 0 radical (unpaired) electrons. The fraction of sp³-hybridized carbons (Fsp3) is 0.642. The van der Waals surface area contributed by atoms with Crippen LogP contribution >= 0.6 is 0 Å². The van der Waals surface area contributed by atoms with E-state index in [4.69, 9.17) is 28.4 Å². The van der Waals surface area contributed by atoms with Gasteiger partial charge in [0.2, 0.25) is 41.7 Å². The van der Waals surface area contributed by atoms with Gasteiger partial charge >= 0.3 is 12.1 Å². The Balaban J connectivity index is 1.29.